The molecule has 1 fully saturated rings. The van der Waals surface area contributed by atoms with Crippen molar-refractivity contribution in [3.8, 4) is 0 Å². The van der Waals surface area contributed by atoms with Gasteiger partial charge in [-0.2, -0.15) is 0 Å². The number of nitrogens with zero attached hydrogens (tertiary/aromatic N) is 2. The van der Waals surface area contributed by atoms with Crippen LogP contribution in [0.2, 0.25) is 0 Å². The number of hydrogen-bond acceptors (Lipinski definition) is 5. The third-order valence-corrected chi connectivity index (χ3v) is 4.65. The highest BCUT2D eigenvalue weighted by Crippen LogP contribution is 2.26. The van der Waals surface area contributed by atoms with Crippen LogP contribution in [0.1, 0.15) is 54.4 Å². The molecule has 1 aliphatic rings. The number of nitrogens with one attached hydrogen (secondary N) is 1. The number of aromatic nitrogens is 2. The van der Waals surface area contributed by atoms with Gasteiger partial charge in [0.1, 0.15) is 4.88 Å². The lowest BCUT2D eigenvalue weighted by Crippen LogP contribution is -2.45. The number of rotatable bonds is 5. The van der Waals surface area contributed by atoms with E-state index in [0.29, 0.717) is 17.3 Å². The first-order valence-electron chi connectivity index (χ1n) is 7.08. The molecule has 1 atom stereocenters. The second kappa shape index (κ2) is 8.54. The molecule has 7 heteroatoms. The third-order valence-electron chi connectivity index (χ3n) is 3.89. The maximum atomic E-state index is 12.3. The molecule has 1 amide bonds. The van der Waals surface area contributed by atoms with E-state index in [9.17, 15) is 4.79 Å². The van der Waals surface area contributed by atoms with Crippen LogP contribution in [0, 0.1) is 5.92 Å². The van der Waals surface area contributed by atoms with Crippen molar-refractivity contribution in [3.05, 3.63) is 10.6 Å². The van der Waals surface area contributed by atoms with Gasteiger partial charge in [0.25, 0.3) is 5.91 Å². The molecule has 0 radical (unpaired) electrons. The minimum atomic E-state index is -0.0622. The molecular weight excluding hydrogens is 296 g/mol. The Balaban J connectivity index is 0.00000200. The van der Waals surface area contributed by atoms with Gasteiger partial charge in [0, 0.05) is 12.6 Å². The fourth-order valence-corrected chi connectivity index (χ4v) is 3.41. The van der Waals surface area contributed by atoms with Gasteiger partial charge >= 0.3 is 0 Å². The second-order valence-corrected chi connectivity index (χ2v) is 5.87. The van der Waals surface area contributed by atoms with Crippen molar-refractivity contribution in [1.82, 2.24) is 14.9 Å². The Kier molecular flexibility index (Phi) is 7.40. The van der Waals surface area contributed by atoms with Gasteiger partial charge in [-0.15, -0.1) is 17.5 Å². The lowest BCUT2D eigenvalue weighted by molar-refractivity contribution is 0.0918. The summed E-state index contributed by atoms with van der Waals surface area (Å²) in [6.45, 7) is 2.49. The van der Waals surface area contributed by atoms with Gasteiger partial charge in [0.2, 0.25) is 0 Å². The van der Waals surface area contributed by atoms with Crippen LogP contribution in [0.15, 0.2) is 0 Å². The summed E-state index contributed by atoms with van der Waals surface area (Å²) < 4.78 is 3.86. The van der Waals surface area contributed by atoms with Gasteiger partial charge < -0.3 is 11.1 Å². The summed E-state index contributed by atoms with van der Waals surface area (Å²) in [5, 5.41) is 7.06. The molecule has 1 saturated carbocycles. The Morgan fingerprint density at radius 1 is 1.45 bits per heavy atom. The molecule has 1 aliphatic carbocycles. The Bertz CT molecular complexity index is 420. The van der Waals surface area contributed by atoms with E-state index in [0.717, 1.165) is 12.1 Å². The number of halogens is 1. The molecular formula is C13H23ClN4OS. The van der Waals surface area contributed by atoms with Crippen LogP contribution in [0.5, 0.6) is 0 Å². The molecule has 0 aromatic carbocycles. The maximum absolute atomic E-state index is 12.3. The molecule has 5 nitrogen and oxygen atoms in total. The monoisotopic (exact) mass is 318 g/mol. The number of nitrogens with two attached hydrogens (primary N) is 1. The first-order valence-corrected chi connectivity index (χ1v) is 7.85. The van der Waals surface area contributed by atoms with Crippen LogP contribution in [0.4, 0.5) is 0 Å². The molecule has 1 aromatic rings. The van der Waals surface area contributed by atoms with Gasteiger partial charge in [0.15, 0.2) is 0 Å². The van der Waals surface area contributed by atoms with Crippen molar-refractivity contribution in [2.24, 2.45) is 11.7 Å². The van der Waals surface area contributed by atoms with Crippen LogP contribution >= 0.6 is 23.9 Å². The Labute approximate surface area is 130 Å². The number of amides is 1. The van der Waals surface area contributed by atoms with Gasteiger partial charge in [0.05, 0.1) is 5.69 Å². The molecule has 0 saturated heterocycles. The lowest BCUT2D eigenvalue weighted by atomic mass is 9.84. The summed E-state index contributed by atoms with van der Waals surface area (Å²) in [4.78, 5) is 12.9. The van der Waals surface area contributed by atoms with E-state index in [1.165, 1.54) is 43.6 Å². The van der Waals surface area contributed by atoms with Gasteiger partial charge in [-0.3, -0.25) is 4.79 Å². The number of hydrogen-bond donors (Lipinski definition) is 2. The van der Waals surface area contributed by atoms with Gasteiger partial charge in [-0.05, 0) is 36.7 Å². The quantitative estimate of drug-likeness (QED) is 0.871. The highest BCUT2D eigenvalue weighted by molar-refractivity contribution is 7.08. The first-order chi connectivity index (χ1) is 9.26. The van der Waals surface area contributed by atoms with Crippen molar-refractivity contribution in [2.45, 2.75) is 51.5 Å². The Morgan fingerprint density at radius 3 is 2.75 bits per heavy atom. The lowest BCUT2D eigenvalue weighted by Gasteiger charge is -2.29. The average molecular weight is 319 g/mol. The number of carbonyl (C=O) groups is 1. The predicted molar refractivity (Wildman–Crippen MR) is 83.4 cm³/mol. The van der Waals surface area contributed by atoms with E-state index in [1.54, 1.807) is 0 Å². The largest absolute Gasteiger partial charge is 0.347 e. The van der Waals surface area contributed by atoms with Crippen molar-refractivity contribution in [2.75, 3.05) is 6.54 Å². The van der Waals surface area contributed by atoms with Crippen LogP contribution in [-0.4, -0.2) is 28.1 Å². The van der Waals surface area contributed by atoms with Crippen molar-refractivity contribution in [3.63, 3.8) is 0 Å². The molecule has 114 valence electrons. The highest BCUT2D eigenvalue weighted by atomic mass is 35.5. The smallest absolute Gasteiger partial charge is 0.265 e. The van der Waals surface area contributed by atoms with E-state index < -0.39 is 0 Å². The molecule has 3 N–H and O–H groups in total. The predicted octanol–water partition coefficient (Wildman–Crippen LogP) is 2.16. The summed E-state index contributed by atoms with van der Waals surface area (Å²) in [6.07, 6.45) is 6.88. The van der Waals surface area contributed by atoms with E-state index >= 15 is 0 Å². The van der Waals surface area contributed by atoms with Crippen LogP contribution in [0.25, 0.3) is 0 Å². The van der Waals surface area contributed by atoms with Crippen LogP contribution in [-0.2, 0) is 6.42 Å². The van der Waals surface area contributed by atoms with E-state index in [1.807, 2.05) is 6.92 Å². The molecule has 0 aliphatic heterocycles. The number of carbonyl (C=O) groups excluding carboxylic acids is 1. The minimum absolute atomic E-state index is 0. The highest BCUT2D eigenvalue weighted by Gasteiger charge is 2.25. The second-order valence-electron chi connectivity index (χ2n) is 5.12. The molecule has 20 heavy (non-hydrogen) atoms. The molecule has 1 heterocycles. The van der Waals surface area contributed by atoms with Crippen molar-refractivity contribution >= 4 is 29.8 Å². The first kappa shape index (κ1) is 17.3. The summed E-state index contributed by atoms with van der Waals surface area (Å²) in [5.41, 5.74) is 6.61. The Morgan fingerprint density at radius 2 is 2.15 bits per heavy atom. The fraction of sp³-hybridized carbons (Fsp3) is 0.769. The van der Waals surface area contributed by atoms with Crippen LogP contribution in [0.3, 0.4) is 0 Å². The third kappa shape index (κ3) is 4.14. The molecule has 0 bridgehead atoms. The number of aryl methyl sites for hydroxylation is 1. The fourth-order valence-electron chi connectivity index (χ4n) is 2.75. The molecule has 1 unspecified atom stereocenters. The zero-order valence-electron chi connectivity index (χ0n) is 11.8. The SMILES string of the molecule is CCc1nnsc1C(=O)NC(CN)C1CCCCC1.Cl. The van der Waals surface area contributed by atoms with E-state index in [2.05, 4.69) is 14.9 Å². The summed E-state index contributed by atoms with van der Waals surface area (Å²) in [7, 11) is 0. The molecule has 0 spiro atoms. The van der Waals surface area contributed by atoms with Crippen LogP contribution < -0.4 is 11.1 Å². The topological polar surface area (TPSA) is 80.9 Å². The average Bonchev–Trinajstić information content (AvgIpc) is 2.94. The zero-order chi connectivity index (χ0) is 13.7. The van der Waals surface area contributed by atoms with Crippen molar-refractivity contribution in [1.29, 1.82) is 0 Å². The van der Waals surface area contributed by atoms with E-state index in [4.69, 9.17) is 5.73 Å². The minimum Gasteiger partial charge on any atom is -0.347 e. The summed E-state index contributed by atoms with van der Waals surface area (Å²) >= 11 is 1.17. The van der Waals surface area contributed by atoms with Crippen molar-refractivity contribution < 1.29 is 4.79 Å². The van der Waals surface area contributed by atoms with E-state index in [-0.39, 0.29) is 24.4 Å². The summed E-state index contributed by atoms with van der Waals surface area (Å²) in [6, 6.07) is 0.0830. The zero-order valence-corrected chi connectivity index (χ0v) is 13.4. The van der Waals surface area contributed by atoms with Gasteiger partial charge in [-0.1, -0.05) is 30.7 Å². The van der Waals surface area contributed by atoms with Gasteiger partial charge in [-0.25, -0.2) is 0 Å². The Hall–Kier alpha value is -0.720. The normalized spacial score (nSPS) is 17.3. The standard InChI is InChI=1S/C13H22N4OS.ClH/c1-2-10-12(19-17-16-10)13(18)15-11(8-14)9-6-4-3-5-7-9;/h9,11H,2-8,14H2,1H3,(H,15,18);1H. The molecule has 2 rings (SSSR count). The molecule has 1 aromatic heterocycles. The summed E-state index contributed by atoms with van der Waals surface area (Å²) in [5.74, 6) is 0.460. The maximum Gasteiger partial charge on any atom is 0.265 e.